The lowest BCUT2D eigenvalue weighted by molar-refractivity contribution is 0.0784. The summed E-state index contributed by atoms with van der Waals surface area (Å²) in [5.74, 6) is -0.0158. The van der Waals surface area contributed by atoms with E-state index in [2.05, 4.69) is 21.4 Å². The van der Waals surface area contributed by atoms with E-state index in [0.717, 1.165) is 26.9 Å². The van der Waals surface area contributed by atoms with Crippen molar-refractivity contribution >= 4 is 33.2 Å². The minimum Gasteiger partial charge on any atom is -0.349 e. The zero-order chi connectivity index (χ0) is 19.7. The highest BCUT2D eigenvalue weighted by Gasteiger charge is 2.33. The van der Waals surface area contributed by atoms with Crippen molar-refractivity contribution in [3.63, 3.8) is 0 Å². The predicted molar refractivity (Wildman–Crippen MR) is 110 cm³/mol. The third-order valence-electron chi connectivity index (χ3n) is 4.93. The van der Waals surface area contributed by atoms with E-state index in [1.54, 1.807) is 6.20 Å². The van der Waals surface area contributed by atoms with Crippen LogP contribution in [0.15, 0.2) is 42.9 Å². The molecule has 4 rings (SSSR count). The molecule has 0 bridgehead atoms. The van der Waals surface area contributed by atoms with Gasteiger partial charge in [0.05, 0.1) is 11.1 Å². The molecular formula is C21H22N4O2S. The van der Waals surface area contributed by atoms with Crippen molar-refractivity contribution in [2.75, 3.05) is 13.1 Å². The summed E-state index contributed by atoms with van der Waals surface area (Å²) in [6.45, 7) is 5.15. The summed E-state index contributed by atoms with van der Waals surface area (Å²) >= 11 is 1.53. The molecule has 0 radical (unpaired) electrons. The van der Waals surface area contributed by atoms with Crippen LogP contribution in [0.5, 0.6) is 0 Å². The van der Waals surface area contributed by atoms with Crippen LogP contribution in [0, 0.1) is 0 Å². The molecule has 0 spiro atoms. The summed E-state index contributed by atoms with van der Waals surface area (Å²) in [5.41, 5.74) is 1.42. The van der Waals surface area contributed by atoms with Gasteiger partial charge in [-0.25, -0.2) is 4.98 Å². The van der Waals surface area contributed by atoms with Crippen molar-refractivity contribution in [3.8, 4) is 0 Å². The van der Waals surface area contributed by atoms with Crippen LogP contribution in [-0.2, 0) is 0 Å². The van der Waals surface area contributed by atoms with Crippen LogP contribution in [0.1, 0.15) is 51.9 Å². The summed E-state index contributed by atoms with van der Waals surface area (Å²) in [5, 5.41) is 4.13. The zero-order valence-electron chi connectivity index (χ0n) is 15.9. The smallest absolute Gasteiger partial charge is 0.274 e. The number of hydrogen-bond donors (Lipinski definition) is 1. The Kier molecular flexibility index (Phi) is 5.09. The minimum absolute atomic E-state index is 0.0371. The lowest BCUT2D eigenvalue weighted by atomic mass is 9.95. The number of carbonyl (C=O) groups excluding carboxylic acids is 2. The number of aromatic nitrogens is 2. The van der Waals surface area contributed by atoms with E-state index in [1.165, 1.54) is 23.7 Å². The number of benzene rings is 1. The number of nitrogens with zero attached hydrogens (tertiary/aromatic N) is 3. The second-order valence-corrected chi connectivity index (χ2v) is 8.35. The van der Waals surface area contributed by atoms with Crippen LogP contribution < -0.4 is 5.32 Å². The molecule has 2 amide bonds. The molecule has 1 unspecified atom stereocenters. The second-order valence-electron chi connectivity index (χ2n) is 7.30. The van der Waals surface area contributed by atoms with Crippen molar-refractivity contribution in [2.24, 2.45) is 0 Å². The standard InChI is InChI=1S/C21H22N4O2S/c1-13(2)24-20(26)19-18(15-5-3-4-6-17(15)28-19)14-7-10-25(12-14)21(27)16-11-22-8-9-23-16/h3-6,8-9,11,13-14H,7,10,12H2,1-2H3,(H,24,26). The third-order valence-corrected chi connectivity index (χ3v) is 6.11. The Labute approximate surface area is 167 Å². The van der Waals surface area contributed by atoms with E-state index in [1.807, 2.05) is 36.9 Å². The summed E-state index contributed by atoms with van der Waals surface area (Å²) in [6.07, 6.45) is 5.41. The van der Waals surface area contributed by atoms with Gasteiger partial charge in [-0.3, -0.25) is 14.6 Å². The van der Waals surface area contributed by atoms with Crippen LogP contribution in [0.25, 0.3) is 10.1 Å². The van der Waals surface area contributed by atoms with Gasteiger partial charge in [-0.1, -0.05) is 18.2 Å². The van der Waals surface area contributed by atoms with Crippen molar-refractivity contribution in [3.05, 3.63) is 59.0 Å². The predicted octanol–water partition coefficient (Wildman–Crippen LogP) is 3.46. The van der Waals surface area contributed by atoms with Gasteiger partial charge >= 0.3 is 0 Å². The first kappa shape index (κ1) is 18.6. The summed E-state index contributed by atoms with van der Waals surface area (Å²) in [7, 11) is 0. The molecule has 0 aliphatic carbocycles. The normalized spacial score (nSPS) is 16.7. The molecule has 3 heterocycles. The Balaban J connectivity index is 1.65. The Morgan fingerprint density at radius 3 is 2.82 bits per heavy atom. The van der Waals surface area contributed by atoms with Crippen LogP contribution in [0.4, 0.5) is 0 Å². The Morgan fingerprint density at radius 2 is 2.07 bits per heavy atom. The van der Waals surface area contributed by atoms with E-state index in [0.29, 0.717) is 18.8 Å². The van der Waals surface area contributed by atoms with Crippen LogP contribution in [0.2, 0.25) is 0 Å². The van der Waals surface area contributed by atoms with Crippen molar-refractivity contribution in [1.29, 1.82) is 0 Å². The first-order chi connectivity index (χ1) is 13.5. The molecule has 1 saturated heterocycles. The molecule has 2 aromatic heterocycles. The van der Waals surface area contributed by atoms with Crippen LogP contribution in [-0.4, -0.2) is 45.8 Å². The van der Waals surface area contributed by atoms with Crippen molar-refractivity contribution in [2.45, 2.75) is 32.2 Å². The first-order valence-electron chi connectivity index (χ1n) is 9.42. The number of rotatable bonds is 4. The SMILES string of the molecule is CC(C)NC(=O)c1sc2ccccc2c1C1CCN(C(=O)c2cnccn2)C1. The molecule has 6 nitrogen and oxygen atoms in total. The number of carbonyl (C=O) groups is 2. The number of nitrogens with one attached hydrogen (secondary N) is 1. The molecule has 1 aromatic carbocycles. The van der Waals surface area contributed by atoms with Gasteiger partial charge < -0.3 is 10.2 Å². The maximum absolute atomic E-state index is 12.8. The maximum atomic E-state index is 12.8. The highest BCUT2D eigenvalue weighted by molar-refractivity contribution is 7.21. The fourth-order valence-electron chi connectivity index (χ4n) is 3.72. The third kappa shape index (κ3) is 3.49. The Bertz CT molecular complexity index is 1020. The van der Waals surface area contributed by atoms with E-state index in [4.69, 9.17) is 0 Å². The number of fused-ring (bicyclic) bond motifs is 1. The van der Waals surface area contributed by atoms with E-state index >= 15 is 0 Å². The highest BCUT2D eigenvalue weighted by atomic mass is 32.1. The lowest BCUT2D eigenvalue weighted by Crippen LogP contribution is -2.31. The van der Waals surface area contributed by atoms with Gasteiger partial charge in [-0.2, -0.15) is 0 Å². The molecule has 1 aliphatic heterocycles. The average molecular weight is 395 g/mol. The molecule has 1 atom stereocenters. The zero-order valence-corrected chi connectivity index (χ0v) is 16.7. The van der Waals surface area contributed by atoms with Gasteiger partial charge in [-0.15, -0.1) is 11.3 Å². The van der Waals surface area contributed by atoms with Gasteiger partial charge in [-0.05, 0) is 37.3 Å². The fourth-order valence-corrected chi connectivity index (χ4v) is 4.91. The van der Waals surface area contributed by atoms with Gasteiger partial charge in [0.15, 0.2) is 0 Å². The summed E-state index contributed by atoms with van der Waals surface area (Å²) in [6, 6.07) is 8.18. The summed E-state index contributed by atoms with van der Waals surface area (Å²) in [4.78, 5) is 36.3. The molecule has 144 valence electrons. The van der Waals surface area contributed by atoms with E-state index < -0.39 is 0 Å². The molecule has 1 fully saturated rings. The fraction of sp³-hybridized carbons (Fsp3) is 0.333. The number of thiophene rings is 1. The topological polar surface area (TPSA) is 75.2 Å². The van der Waals surface area contributed by atoms with Gasteiger partial charge in [0, 0.05) is 42.1 Å². The van der Waals surface area contributed by atoms with E-state index in [9.17, 15) is 9.59 Å². The minimum atomic E-state index is -0.108. The highest BCUT2D eigenvalue weighted by Crippen LogP contribution is 2.40. The maximum Gasteiger partial charge on any atom is 0.274 e. The Morgan fingerprint density at radius 1 is 1.25 bits per heavy atom. The molecule has 0 saturated carbocycles. The largest absolute Gasteiger partial charge is 0.349 e. The van der Waals surface area contributed by atoms with Crippen molar-refractivity contribution < 1.29 is 9.59 Å². The van der Waals surface area contributed by atoms with Crippen LogP contribution >= 0.6 is 11.3 Å². The molecule has 3 aromatic rings. The first-order valence-corrected chi connectivity index (χ1v) is 10.2. The molecule has 7 heteroatoms. The Hall–Kier alpha value is -2.80. The monoisotopic (exact) mass is 394 g/mol. The quantitative estimate of drug-likeness (QED) is 0.735. The number of amides is 2. The molecule has 28 heavy (non-hydrogen) atoms. The lowest BCUT2D eigenvalue weighted by Gasteiger charge is -2.17. The molecule has 1 aliphatic rings. The van der Waals surface area contributed by atoms with E-state index in [-0.39, 0.29) is 23.8 Å². The average Bonchev–Trinajstić information content (AvgIpc) is 3.32. The summed E-state index contributed by atoms with van der Waals surface area (Å²) < 4.78 is 1.10. The second kappa shape index (κ2) is 7.67. The van der Waals surface area contributed by atoms with Crippen molar-refractivity contribution in [1.82, 2.24) is 20.2 Å². The number of hydrogen-bond acceptors (Lipinski definition) is 5. The van der Waals surface area contributed by atoms with Crippen LogP contribution in [0.3, 0.4) is 0 Å². The van der Waals surface area contributed by atoms with Gasteiger partial charge in [0.25, 0.3) is 11.8 Å². The molecular weight excluding hydrogens is 372 g/mol. The van der Waals surface area contributed by atoms with Gasteiger partial charge in [0.2, 0.25) is 0 Å². The number of likely N-dealkylation sites (tertiary alicyclic amines) is 1. The molecule has 1 N–H and O–H groups in total. The van der Waals surface area contributed by atoms with Gasteiger partial charge in [0.1, 0.15) is 5.69 Å².